The minimum absolute atomic E-state index is 0. The van der Waals surface area contributed by atoms with Crippen molar-refractivity contribution in [3.05, 3.63) is 0 Å². The maximum absolute atomic E-state index is 10.4. The Labute approximate surface area is 190 Å². The molecule has 0 aromatic heterocycles. The largest absolute Gasteiger partial charge is 1.00 e. The average molecular weight is 419 g/mol. The van der Waals surface area contributed by atoms with Crippen LogP contribution in [0.4, 0.5) is 0 Å². The summed E-state index contributed by atoms with van der Waals surface area (Å²) in [5.74, 6) is -0.189. The van der Waals surface area contributed by atoms with Gasteiger partial charge in [-0.25, -0.2) is 8.42 Å². The molecule has 0 rings (SSSR count). The van der Waals surface area contributed by atoms with Gasteiger partial charge in [0.05, 0.1) is 23.3 Å². The van der Waals surface area contributed by atoms with Gasteiger partial charge in [-0.05, 0) is 6.42 Å². The van der Waals surface area contributed by atoms with Crippen LogP contribution in [-0.2, 0) is 10.1 Å². The van der Waals surface area contributed by atoms with E-state index in [-0.39, 0.29) is 48.5 Å². The van der Waals surface area contributed by atoms with E-state index in [1.54, 1.807) is 0 Å². The number of aliphatic hydroxyl groups is 2. The van der Waals surface area contributed by atoms with Crippen molar-refractivity contribution in [3.63, 3.8) is 0 Å². The first-order chi connectivity index (χ1) is 12.5. The molecule has 0 amide bonds. The van der Waals surface area contributed by atoms with Crippen molar-refractivity contribution in [3.8, 4) is 0 Å². The zero-order valence-electron chi connectivity index (χ0n) is 18.0. The molecule has 0 radical (unpaired) electrons. The van der Waals surface area contributed by atoms with Gasteiger partial charge in [0, 0.05) is 5.75 Å². The van der Waals surface area contributed by atoms with E-state index < -0.39 is 10.1 Å². The normalized spacial score (nSPS) is 10.8. The molecule has 0 spiro atoms. The molecule has 160 valence electrons. The molecule has 0 aliphatic heterocycles. The Balaban J connectivity index is -0.00000104. The van der Waals surface area contributed by atoms with Crippen molar-refractivity contribution in [1.29, 1.82) is 0 Å². The van der Waals surface area contributed by atoms with E-state index in [9.17, 15) is 13.0 Å². The SMILES string of the molecule is CCCCCCCCCCCCCCCCCCS(=O)(=O)[O-].OCCO.[Na+]. The molecule has 0 heterocycles. The Morgan fingerprint density at radius 2 is 0.852 bits per heavy atom. The second-order valence-corrected chi connectivity index (χ2v) is 8.54. The second kappa shape index (κ2) is 26.8. The van der Waals surface area contributed by atoms with Gasteiger partial charge in [0.2, 0.25) is 0 Å². The summed E-state index contributed by atoms with van der Waals surface area (Å²) in [6.45, 7) is 2.01. The van der Waals surface area contributed by atoms with E-state index in [4.69, 9.17) is 10.2 Å². The van der Waals surface area contributed by atoms with E-state index in [2.05, 4.69) is 6.92 Å². The molecule has 5 nitrogen and oxygen atoms in total. The molecule has 7 heteroatoms. The monoisotopic (exact) mass is 418 g/mol. The van der Waals surface area contributed by atoms with Crippen LogP contribution in [0, 0.1) is 0 Å². The standard InChI is InChI=1S/C18H38O3S.C2H6O2.Na/c1-2-3-4-5-6-7-8-9-10-11-12-13-14-15-16-17-18-22(19,20)21;3-1-2-4;/h2-18H2,1H3,(H,19,20,21);3-4H,1-2H2;/q;;+1/p-1. The maximum Gasteiger partial charge on any atom is 1.00 e. The van der Waals surface area contributed by atoms with Gasteiger partial charge in [0.25, 0.3) is 0 Å². The van der Waals surface area contributed by atoms with Gasteiger partial charge in [-0.2, -0.15) is 0 Å². The fourth-order valence-corrected chi connectivity index (χ4v) is 3.38. The first kappa shape index (κ1) is 32.5. The number of aliphatic hydroxyl groups excluding tert-OH is 2. The van der Waals surface area contributed by atoms with E-state index in [0.29, 0.717) is 6.42 Å². The molecule has 0 aromatic rings. The molecular formula is C20H43NaO5S. The van der Waals surface area contributed by atoms with Crippen molar-refractivity contribution in [2.75, 3.05) is 19.0 Å². The molecule has 0 saturated carbocycles. The molecule has 0 aliphatic rings. The summed E-state index contributed by atoms with van der Waals surface area (Å²) < 4.78 is 31.3. The number of hydrogen-bond acceptors (Lipinski definition) is 5. The average Bonchev–Trinajstić information content (AvgIpc) is 2.60. The summed E-state index contributed by atoms with van der Waals surface area (Å²) >= 11 is 0. The fraction of sp³-hybridized carbons (Fsp3) is 1.00. The Hall–Kier alpha value is 0.830. The molecule has 0 aromatic carbocycles. The first-order valence-corrected chi connectivity index (χ1v) is 12.2. The van der Waals surface area contributed by atoms with Crippen molar-refractivity contribution >= 4 is 10.1 Å². The van der Waals surface area contributed by atoms with E-state index >= 15 is 0 Å². The predicted molar refractivity (Wildman–Crippen MR) is 108 cm³/mol. The van der Waals surface area contributed by atoms with Gasteiger partial charge < -0.3 is 14.8 Å². The fourth-order valence-electron chi connectivity index (χ4n) is 2.83. The number of unbranched alkanes of at least 4 members (excludes halogenated alkanes) is 15. The van der Waals surface area contributed by atoms with Crippen LogP contribution in [-0.4, -0.2) is 42.2 Å². The molecule has 0 aliphatic carbocycles. The quantitative estimate of drug-likeness (QED) is 0.201. The summed E-state index contributed by atoms with van der Waals surface area (Å²) in [5, 5.41) is 15.2. The molecule has 0 bridgehead atoms. The Bertz CT molecular complexity index is 348. The Morgan fingerprint density at radius 3 is 1.07 bits per heavy atom. The molecular weight excluding hydrogens is 375 g/mol. The van der Waals surface area contributed by atoms with Crippen LogP contribution in [0.25, 0.3) is 0 Å². The van der Waals surface area contributed by atoms with Crippen molar-refractivity contribution in [2.45, 2.75) is 110 Å². The zero-order chi connectivity index (χ0) is 19.9. The van der Waals surface area contributed by atoms with Crippen molar-refractivity contribution < 1.29 is 52.7 Å². The van der Waals surface area contributed by atoms with Crippen LogP contribution < -0.4 is 29.6 Å². The second-order valence-electron chi connectivity index (χ2n) is 7.01. The van der Waals surface area contributed by atoms with Crippen molar-refractivity contribution in [1.82, 2.24) is 0 Å². The maximum atomic E-state index is 10.4. The molecule has 0 atom stereocenters. The molecule has 0 fully saturated rings. The van der Waals surface area contributed by atoms with Crippen LogP contribution in [0.1, 0.15) is 110 Å². The Morgan fingerprint density at radius 1 is 0.593 bits per heavy atom. The Kier molecular flexibility index (Phi) is 32.3. The third-order valence-corrected chi connectivity index (χ3v) is 5.14. The van der Waals surface area contributed by atoms with Gasteiger partial charge in [-0.15, -0.1) is 0 Å². The summed E-state index contributed by atoms with van der Waals surface area (Å²) in [7, 11) is -3.99. The van der Waals surface area contributed by atoms with Gasteiger partial charge in [0.1, 0.15) is 0 Å². The smallest absolute Gasteiger partial charge is 0.748 e. The summed E-state index contributed by atoms with van der Waals surface area (Å²) in [4.78, 5) is 0. The predicted octanol–water partition coefficient (Wildman–Crippen LogP) is 1.77. The van der Waals surface area contributed by atoms with Crippen molar-refractivity contribution in [2.24, 2.45) is 0 Å². The van der Waals surface area contributed by atoms with Crippen LogP contribution in [0.3, 0.4) is 0 Å². The van der Waals surface area contributed by atoms with Gasteiger partial charge in [-0.1, -0.05) is 103 Å². The third-order valence-electron chi connectivity index (χ3n) is 4.35. The zero-order valence-corrected chi connectivity index (χ0v) is 20.8. The van der Waals surface area contributed by atoms with Crippen LogP contribution in [0.2, 0.25) is 0 Å². The minimum atomic E-state index is -3.99. The third kappa shape index (κ3) is 38.1. The molecule has 0 unspecified atom stereocenters. The summed E-state index contributed by atoms with van der Waals surface area (Å²) in [6, 6.07) is 0. The first-order valence-electron chi connectivity index (χ1n) is 10.6. The topological polar surface area (TPSA) is 97.7 Å². The van der Waals surface area contributed by atoms with Crippen LogP contribution >= 0.6 is 0 Å². The molecule has 0 saturated heterocycles. The summed E-state index contributed by atoms with van der Waals surface area (Å²) in [5.41, 5.74) is 0. The van der Waals surface area contributed by atoms with Crippen LogP contribution in [0.5, 0.6) is 0 Å². The molecule has 2 N–H and O–H groups in total. The van der Waals surface area contributed by atoms with Gasteiger partial charge in [-0.3, -0.25) is 0 Å². The van der Waals surface area contributed by atoms with Gasteiger partial charge in [0.15, 0.2) is 0 Å². The van der Waals surface area contributed by atoms with E-state index in [1.807, 2.05) is 0 Å². The van der Waals surface area contributed by atoms with Gasteiger partial charge >= 0.3 is 29.6 Å². The van der Waals surface area contributed by atoms with E-state index in [1.165, 1.54) is 83.5 Å². The number of hydrogen-bond donors (Lipinski definition) is 2. The van der Waals surface area contributed by atoms with Crippen LogP contribution in [0.15, 0.2) is 0 Å². The summed E-state index contributed by atoms with van der Waals surface area (Å²) in [6.07, 6.45) is 20.1. The van der Waals surface area contributed by atoms with E-state index in [0.717, 1.165) is 12.8 Å². The number of rotatable bonds is 18. The minimum Gasteiger partial charge on any atom is -0.748 e. The molecule has 27 heavy (non-hydrogen) atoms.